The summed E-state index contributed by atoms with van der Waals surface area (Å²) >= 11 is 0. The van der Waals surface area contributed by atoms with E-state index in [-0.39, 0.29) is 5.91 Å². The number of likely N-dealkylation sites (tertiary alicyclic amines) is 1. The Labute approximate surface area is 149 Å². The fourth-order valence-corrected chi connectivity index (χ4v) is 4.30. The van der Waals surface area contributed by atoms with Gasteiger partial charge in [0.05, 0.1) is 0 Å². The van der Waals surface area contributed by atoms with Crippen LogP contribution in [0, 0.1) is 0 Å². The zero-order valence-electron chi connectivity index (χ0n) is 15.0. The zero-order valence-corrected chi connectivity index (χ0v) is 15.0. The van der Waals surface area contributed by atoms with Crippen LogP contribution in [0.2, 0.25) is 0 Å². The number of carbonyl (C=O) groups excluding carboxylic acids is 1. The molecule has 5 heteroatoms. The van der Waals surface area contributed by atoms with Crippen LogP contribution in [0.5, 0.6) is 0 Å². The summed E-state index contributed by atoms with van der Waals surface area (Å²) < 4.78 is 7.69. The number of ether oxygens (including phenoxy) is 1. The number of carbonyl (C=O) groups is 1. The maximum absolute atomic E-state index is 13.0. The van der Waals surface area contributed by atoms with Crippen LogP contribution < -0.4 is 0 Å². The largest absolute Gasteiger partial charge is 0.381 e. The molecule has 134 valence electrons. The van der Waals surface area contributed by atoms with Crippen molar-refractivity contribution in [2.75, 3.05) is 19.8 Å². The maximum Gasteiger partial charge on any atom is 0.242 e. The number of nitrogens with zero attached hydrogens (tertiary/aromatic N) is 3. The van der Waals surface area contributed by atoms with Gasteiger partial charge in [0.2, 0.25) is 5.91 Å². The van der Waals surface area contributed by atoms with Crippen molar-refractivity contribution < 1.29 is 9.53 Å². The van der Waals surface area contributed by atoms with Crippen LogP contribution in [0.25, 0.3) is 11.0 Å². The first kappa shape index (κ1) is 16.6. The van der Waals surface area contributed by atoms with Gasteiger partial charge < -0.3 is 14.2 Å². The summed E-state index contributed by atoms with van der Waals surface area (Å²) in [4.78, 5) is 19.6. The lowest BCUT2D eigenvalue weighted by Gasteiger charge is -2.34. The first-order valence-electron chi connectivity index (χ1n) is 9.55. The first-order valence-corrected chi connectivity index (χ1v) is 9.55. The molecular formula is C20H27N3O2. The normalized spacial score (nSPS) is 22.4. The van der Waals surface area contributed by atoms with Crippen molar-refractivity contribution in [3.05, 3.63) is 30.1 Å². The van der Waals surface area contributed by atoms with E-state index in [1.807, 2.05) is 12.3 Å². The molecule has 0 radical (unpaired) electrons. The predicted octanol–water partition coefficient (Wildman–Crippen LogP) is 3.33. The summed E-state index contributed by atoms with van der Waals surface area (Å²) in [6, 6.07) is 6.64. The monoisotopic (exact) mass is 341 g/mol. The third kappa shape index (κ3) is 3.30. The molecule has 5 nitrogen and oxygen atoms in total. The summed E-state index contributed by atoms with van der Waals surface area (Å²) in [7, 11) is 0. The van der Waals surface area contributed by atoms with E-state index in [0.29, 0.717) is 18.5 Å². The molecule has 1 unspecified atom stereocenters. The van der Waals surface area contributed by atoms with E-state index in [4.69, 9.17) is 4.74 Å². The smallest absolute Gasteiger partial charge is 0.242 e. The highest BCUT2D eigenvalue weighted by atomic mass is 16.5. The first-order chi connectivity index (χ1) is 12.2. The van der Waals surface area contributed by atoms with Crippen molar-refractivity contribution in [1.82, 2.24) is 14.5 Å². The molecule has 0 aromatic carbocycles. The van der Waals surface area contributed by atoms with Crippen LogP contribution in [0.3, 0.4) is 0 Å². The summed E-state index contributed by atoms with van der Waals surface area (Å²) in [6.07, 6.45) is 7.32. The van der Waals surface area contributed by atoms with Crippen molar-refractivity contribution in [2.24, 2.45) is 0 Å². The summed E-state index contributed by atoms with van der Waals surface area (Å²) in [5.74, 6) is 0.679. The minimum absolute atomic E-state index is 0.226. The third-order valence-electron chi connectivity index (χ3n) is 5.74. The Hall–Kier alpha value is -1.88. The van der Waals surface area contributed by atoms with Gasteiger partial charge in [0.25, 0.3) is 0 Å². The van der Waals surface area contributed by atoms with Crippen molar-refractivity contribution in [3.63, 3.8) is 0 Å². The van der Waals surface area contributed by atoms with Gasteiger partial charge in [-0.25, -0.2) is 4.98 Å². The fraction of sp³-hybridized carbons (Fsp3) is 0.600. The SMILES string of the molecule is CC1CCCCN1C(=O)Cn1c(C2CCOCC2)cc2cccnc21. The van der Waals surface area contributed by atoms with Gasteiger partial charge in [-0.1, -0.05) is 0 Å². The second-order valence-electron chi connectivity index (χ2n) is 7.39. The molecule has 4 heterocycles. The van der Waals surface area contributed by atoms with Crippen LogP contribution in [0.15, 0.2) is 24.4 Å². The van der Waals surface area contributed by atoms with E-state index in [1.165, 1.54) is 12.1 Å². The van der Waals surface area contributed by atoms with Crippen molar-refractivity contribution in [1.29, 1.82) is 0 Å². The highest BCUT2D eigenvalue weighted by molar-refractivity contribution is 5.82. The number of fused-ring (bicyclic) bond motifs is 1. The van der Waals surface area contributed by atoms with Crippen LogP contribution in [0.1, 0.15) is 50.6 Å². The molecule has 2 aromatic rings. The predicted molar refractivity (Wildman–Crippen MR) is 97.6 cm³/mol. The van der Waals surface area contributed by atoms with Crippen molar-refractivity contribution in [2.45, 2.75) is 57.5 Å². The van der Waals surface area contributed by atoms with Gasteiger partial charge in [-0.15, -0.1) is 0 Å². The Morgan fingerprint density at radius 1 is 1.28 bits per heavy atom. The van der Waals surface area contributed by atoms with Gasteiger partial charge in [0.1, 0.15) is 12.2 Å². The Kier molecular flexibility index (Phi) is 4.75. The number of hydrogen-bond donors (Lipinski definition) is 0. The molecule has 25 heavy (non-hydrogen) atoms. The Bertz CT molecular complexity index is 748. The molecule has 2 fully saturated rings. The fourth-order valence-electron chi connectivity index (χ4n) is 4.30. The molecule has 2 aliphatic heterocycles. The second kappa shape index (κ2) is 7.16. The van der Waals surface area contributed by atoms with Crippen LogP contribution in [0.4, 0.5) is 0 Å². The molecule has 2 saturated heterocycles. The standard InChI is InChI=1S/C20H27N3O2/c1-15-5-2-3-10-22(15)19(24)14-23-18(16-7-11-25-12-8-16)13-17-6-4-9-21-20(17)23/h4,6,9,13,15-16H,2-3,5,7-8,10-12,14H2,1H3. The minimum Gasteiger partial charge on any atom is -0.381 e. The number of pyridine rings is 1. The van der Waals surface area contributed by atoms with Gasteiger partial charge >= 0.3 is 0 Å². The molecule has 2 aliphatic rings. The van der Waals surface area contributed by atoms with E-state index >= 15 is 0 Å². The van der Waals surface area contributed by atoms with E-state index in [1.54, 1.807) is 0 Å². The van der Waals surface area contributed by atoms with Crippen molar-refractivity contribution >= 4 is 16.9 Å². The Balaban J connectivity index is 1.65. The average molecular weight is 341 g/mol. The number of amides is 1. The second-order valence-corrected chi connectivity index (χ2v) is 7.39. The third-order valence-corrected chi connectivity index (χ3v) is 5.74. The number of piperidine rings is 1. The summed E-state index contributed by atoms with van der Waals surface area (Å²) in [5.41, 5.74) is 2.18. The number of hydrogen-bond acceptors (Lipinski definition) is 3. The molecule has 0 spiro atoms. The molecule has 0 N–H and O–H groups in total. The number of aromatic nitrogens is 2. The van der Waals surface area contributed by atoms with Crippen LogP contribution in [-0.4, -0.2) is 46.2 Å². The van der Waals surface area contributed by atoms with Gasteiger partial charge in [0.15, 0.2) is 0 Å². The minimum atomic E-state index is 0.226. The molecule has 0 saturated carbocycles. The Morgan fingerprint density at radius 2 is 2.12 bits per heavy atom. The molecule has 4 rings (SSSR count). The topological polar surface area (TPSA) is 47.4 Å². The quantitative estimate of drug-likeness (QED) is 0.860. The molecule has 1 amide bonds. The van der Waals surface area contributed by atoms with Crippen molar-refractivity contribution in [3.8, 4) is 0 Å². The van der Waals surface area contributed by atoms with Gasteiger partial charge in [-0.05, 0) is 57.2 Å². The highest BCUT2D eigenvalue weighted by Gasteiger charge is 2.27. The maximum atomic E-state index is 13.0. The molecule has 0 bridgehead atoms. The Morgan fingerprint density at radius 3 is 2.92 bits per heavy atom. The lowest BCUT2D eigenvalue weighted by atomic mass is 9.96. The summed E-state index contributed by atoms with van der Waals surface area (Å²) in [5, 5.41) is 1.13. The zero-order chi connectivity index (χ0) is 17.2. The van der Waals surface area contributed by atoms with E-state index in [2.05, 4.69) is 33.5 Å². The van der Waals surface area contributed by atoms with E-state index in [9.17, 15) is 4.79 Å². The van der Waals surface area contributed by atoms with Crippen LogP contribution >= 0.6 is 0 Å². The lowest BCUT2D eigenvalue weighted by molar-refractivity contribution is -0.135. The molecule has 0 aliphatic carbocycles. The average Bonchev–Trinajstić information content (AvgIpc) is 3.01. The molecule has 1 atom stereocenters. The summed E-state index contributed by atoms with van der Waals surface area (Å²) in [6.45, 7) is 5.06. The van der Waals surface area contributed by atoms with Gasteiger partial charge in [-0.2, -0.15) is 0 Å². The molecule has 2 aromatic heterocycles. The molecular weight excluding hydrogens is 314 g/mol. The van der Waals surface area contributed by atoms with Crippen LogP contribution in [-0.2, 0) is 16.1 Å². The highest BCUT2D eigenvalue weighted by Crippen LogP contribution is 2.31. The van der Waals surface area contributed by atoms with E-state index in [0.717, 1.165) is 56.5 Å². The van der Waals surface area contributed by atoms with Gasteiger partial charge in [0, 0.05) is 49.0 Å². The number of rotatable bonds is 3. The van der Waals surface area contributed by atoms with Gasteiger partial charge in [-0.3, -0.25) is 4.79 Å². The van der Waals surface area contributed by atoms with E-state index < -0.39 is 0 Å². The lowest BCUT2D eigenvalue weighted by Crippen LogP contribution is -2.43.